The Morgan fingerprint density at radius 3 is 2.32 bits per heavy atom. The Kier molecular flexibility index (Phi) is 6.23. The van der Waals surface area contributed by atoms with E-state index in [2.05, 4.69) is 5.32 Å². The molecule has 2 N–H and O–H groups in total. The molecule has 34 heavy (non-hydrogen) atoms. The maximum Gasteiger partial charge on any atom is 0.419 e. The lowest BCUT2D eigenvalue weighted by atomic mass is 9.76. The normalized spacial score (nSPS) is 27.0. The minimum Gasteiger partial charge on any atom is -0.390 e. The van der Waals surface area contributed by atoms with Crippen LogP contribution in [0.4, 0.5) is 23.2 Å². The number of aliphatic hydroxyl groups is 1. The van der Waals surface area contributed by atoms with E-state index in [4.69, 9.17) is 11.6 Å². The minimum absolute atomic E-state index is 0.0811. The number of rotatable bonds is 4. The zero-order valence-electron chi connectivity index (χ0n) is 18.0. The summed E-state index contributed by atoms with van der Waals surface area (Å²) >= 11 is 6.17. The van der Waals surface area contributed by atoms with E-state index in [1.165, 1.54) is 12.1 Å². The predicted molar refractivity (Wildman–Crippen MR) is 118 cm³/mol. The summed E-state index contributed by atoms with van der Waals surface area (Å²) in [5, 5.41) is 12.0. The zero-order valence-corrected chi connectivity index (χ0v) is 19.6. The van der Waals surface area contributed by atoms with Crippen LogP contribution < -0.4 is 5.32 Å². The zero-order chi connectivity index (χ0) is 25.1. The number of hydrogen-bond donors (Lipinski definition) is 2. The summed E-state index contributed by atoms with van der Waals surface area (Å²) in [6.45, 7) is 1.73. The highest BCUT2D eigenvalue weighted by atomic mass is 35.5. The first kappa shape index (κ1) is 24.9. The molecule has 0 aromatic heterocycles. The Morgan fingerprint density at radius 2 is 1.74 bits per heavy atom. The molecule has 11 heteroatoms. The number of benzene rings is 2. The maximum absolute atomic E-state index is 13.5. The summed E-state index contributed by atoms with van der Waals surface area (Å²) in [5.41, 5.74) is -2.88. The molecule has 2 aliphatic carbocycles. The van der Waals surface area contributed by atoms with E-state index in [1.807, 2.05) is 0 Å². The molecule has 1 unspecified atom stereocenters. The molecule has 184 valence electrons. The van der Waals surface area contributed by atoms with Gasteiger partial charge in [0.15, 0.2) is 9.84 Å². The fourth-order valence-corrected chi connectivity index (χ4v) is 7.48. The second-order valence-electron chi connectivity index (χ2n) is 9.13. The van der Waals surface area contributed by atoms with Crippen molar-refractivity contribution < 1.29 is 35.9 Å². The van der Waals surface area contributed by atoms with Crippen molar-refractivity contribution >= 4 is 33.0 Å². The van der Waals surface area contributed by atoms with Gasteiger partial charge in [-0.25, -0.2) is 12.8 Å². The molecule has 2 saturated carbocycles. The Labute approximate surface area is 199 Å². The Morgan fingerprint density at radius 1 is 1.12 bits per heavy atom. The third-order valence-corrected chi connectivity index (χ3v) is 9.73. The minimum atomic E-state index is -4.95. The first-order valence-corrected chi connectivity index (χ1v) is 12.6. The van der Waals surface area contributed by atoms with Crippen LogP contribution in [0.2, 0.25) is 5.02 Å². The number of hydrogen-bond acceptors (Lipinski definition) is 4. The summed E-state index contributed by atoms with van der Waals surface area (Å²) in [4.78, 5) is 12.4. The number of halogens is 5. The number of nitrogens with one attached hydrogen (secondary N) is 1. The van der Waals surface area contributed by atoms with Crippen LogP contribution in [-0.2, 0) is 16.0 Å². The van der Waals surface area contributed by atoms with Gasteiger partial charge in [-0.1, -0.05) is 11.6 Å². The summed E-state index contributed by atoms with van der Waals surface area (Å²) in [6.07, 6.45) is -2.94. The van der Waals surface area contributed by atoms with Gasteiger partial charge in [0.2, 0.25) is 0 Å². The first-order chi connectivity index (χ1) is 15.7. The van der Waals surface area contributed by atoms with Gasteiger partial charge in [-0.05, 0) is 80.8 Å². The van der Waals surface area contributed by atoms with E-state index in [0.29, 0.717) is 12.1 Å². The summed E-state index contributed by atoms with van der Waals surface area (Å²) in [7, 11) is -3.95. The van der Waals surface area contributed by atoms with Gasteiger partial charge in [0.25, 0.3) is 5.91 Å². The van der Waals surface area contributed by atoms with Crippen molar-refractivity contribution in [2.75, 3.05) is 5.32 Å². The third kappa shape index (κ3) is 4.43. The van der Waals surface area contributed by atoms with Crippen LogP contribution in [0.1, 0.15) is 48.5 Å². The first-order valence-electron chi connectivity index (χ1n) is 10.6. The van der Waals surface area contributed by atoms with E-state index in [-0.39, 0.29) is 45.8 Å². The van der Waals surface area contributed by atoms with Crippen molar-refractivity contribution in [3.63, 3.8) is 0 Å². The molecule has 2 fully saturated rings. The number of carbonyl (C=O) groups is 1. The molecule has 0 heterocycles. The largest absolute Gasteiger partial charge is 0.419 e. The van der Waals surface area contributed by atoms with Gasteiger partial charge >= 0.3 is 6.18 Å². The van der Waals surface area contributed by atoms with Crippen LogP contribution in [0.25, 0.3) is 0 Å². The highest BCUT2D eigenvalue weighted by Gasteiger charge is 2.53. The van der Waals surface area contributed by atoms with Crippen molar-refractivity contribution in [2.45, 2.75) is 54.5 Å². The van der Waals surface area contributed by atoms with Gasteiger partial charge in [0, 0.05) is 11.3 Å². The van der Waals surface area contributed by atoms with Crippen LogP contribution in [-0.4, -0.2) is 30.3 Å². The van der Waals surface area contributed by atoms with E-state index in [1.54, 1.807) is 6.92 Å². The highest BCUT2D eigenvalue weighted by Crippen LogP contribution is 2.51. The molecule has 2 bridgehead atoms. The predicted octanol–water partition coefficient (Wildman–Crippen LogP) is 5.46. The molecule has 1 amide bonds. The number of fused-ring (bicyclic) bond motifs is 2. The molecule has 2 aliphatic rings. The van der Waals surface area contributed by atoms with Gasteiger partial charge in [0.05, 0.1) is 26.3 Å². The molecule has 0 aliphatic heterocycles. The molecule has 0 saturated heterocycles. The topological polar surface area (TPSA) is 83.5 Å². The van der Waals surface area contributed by atoms with Gasteiger partial charge in [0.1, 0.15) is 5.82 Å². The smallest absolute Gasteiger partial charge is 0.390 e. The molecular weight excluding hydrogens is 498 g/mol. The van der Waals surface area contributed by atoms with Gasteiger partial charge < -0.3 is 10.4 Å². The number of alkyl halides is 3. The standard InChI is InChI=1S/C23H22ClF4NO4S/c1-22(31)13-3-4-14(22)10-16(9-13)34(32,33)20-8-12(2-6-18(20)24)21(30)29-15-5-7-19(25)17(11-15)23(26,27)28/h2,5-8,11,13-14,16,31H,3-4,9-10H2,1H3,(H,29,30)/t13-,14?,16-,22-/m0/s1. The summed E-state index contributed by atoms with van der Waals surface area (Å²) in [5.74, 6) is -2.67. The molecule has 0 radical (unpaired) electrons. The highest BCUT2D eigenvalue weighted by molar-refractivity contribution is 7.92. The van der Waals surface area contributed by atoms with Crippen LogP contribution in [0, 0.1) is 17.7 Å². The average molecular weight is 520 g/mol. The van der Waals surface area contributed by atoms with Gasteiger partial charge in [-0.3, -0.25) is 4.79 Å². The van der Waals surface area contributed by atoms with E-state index >= 15 is 0 Å². The Bertz CT molecular complexity index is 1230. The van der Waals surface area contributed by atoms with Crippen LogP contribution >= 0.6 is 11.6 Å². The van der Waals surface area contributed by atoms with Crippen molar-refractivity contribution in [1.29, 1.82) is 0 Å². The molecular formula is C23H22ClF4NO4S. The van der Waals surface area contributed by atoms with Crippen molar-refractivity contribution in [1.82, 2.24) is 0 Å². The molecule has 4 rings (SSSR count). The third-order valence-electron chi connectivity index (χ3n) is 7.08. The lowest BCUT2D eigenvalue weighted by Crippen LogP contribution is -2.45. The molecule has 2 aromatic rings. The summed E-state index contributed by atoms with van der Waals surface area (Å²) in [6, 6.07) is 5.60. The van der Waals surface area contributed by atoms with Crippen molar-refractivity contribution in [3.8, 4) is 0 Å². The second kappa shape index (κ2) is 8.49. The average Bonchev–Trinajstić information content (AvgIpc) is 2.91. The van der Waals surface area contributed by atoms with Crippen LogP contribution in [0.3, 0.4) is 0 Å². The van der Waals surface area contributed by atoms with Crippen molar-refractivity contribution in [3.05, 3.63) is 58.4 Å². The van der Waals surface area contributed by atoms with E-state index < -0.39 is 44.2 Å². The Hall–Kier alpha value is -2.17. The van der Waals surface area contributed by atoms with Gasteiger partial charge in [-0.2, -0.15) is 13.2 Å². The molecule has 2 aromatic carbocycles. The number of carbonyl (C=O) groups excluding carboxylic acids is 1. The van der Waals surface area contributed by atoms with Crippen LogP contribution in [0.15, 0.2) is 41.3 Å². The monoisotopic (exact) mass is 519 g/mol. The quantitative estimate of drug-likeness (QED) is 0.525. The van der Waals surface area contributed by atoms with Gasteiger partial charge in [-0.15, -0.1) is 0 Å². The van der Waals surface area contributed by atoms with Crippen molar-refractivity contribution in [2.24, 2.45) is 11.8 Å². The molecule has 5 nitrogen and oxygen atoms in total. The molecule has 4 atom stereocenters. The summed E-state index contributed by atoms with van der Waals surface area (Å²) < 4.78 is 79.2. The second-order valence-corrected chi connectivity index (χ2v) is 11.7. The number of amides is 1. The SMILES string of the molecule is C[C@@]1(O)C2CC[C@H]1C[C@H](S(=O)(=O)c1cc(C(=O)Nc3ccc(F)c(C(F)(F)F)c3)ccc1Cl)C2. The number of anilines is 1. The number of sulfone groups is 1. The van der Waals surface area contributed by atoms with E-state index in [9.17, 15) is 35.9 Å². The fraction of sp³-hybridized carbons (Fsp3) is 0.435. The fourth-order valence-electron chi connectivity index (χ4n) is 5.08. The molecule has 0 spiro atoms. The maximum atomic E-state index is 13.5. The van der Waals surface area contributed by atoms with Crippen LogP contribution in [0.5, 0.6) is 0 Å². The van der Waals surface area contributed by atoms with E-state index in [0.717, 1.165) is 25.0 Å². The lowest BCUT2D eigenvalue weighted by Gasteiger charge is -2.40. The lowest BCUT2D eigenvalue weighted by molar-refractivity contribution is -0.139. The Balaban J connectivity index is 1.60.